The monoisotopic (exact) mass is 270 g/mol. The van der Waals surface area contributed by atoms with Crippen LogP contribution in [0.25, 0.3) is 0 Å². The van der Waals surface area contributed by atoms with E-state index in [0.717, 1.165) is 0 Å². The van der Waals surface area contributed by atoms with Crippen LogP contribution in [0.2, 0.25) is 0 Å². The number of esters is 1. The second-order valence-corrected chi connectivity index (χ2v) is 3.77. The molecule has 0 spiro atoms. The summed E-state index contributed by atoms with van der Waals surface area (Å²) in [5.74, 6) is -1.03. The lowest BCUT2D eigenvalue weighted by Crippen LogP contribution is -2.32. The first-order chi connectivity index (χ1) is 8.93. The average molecular weight is 270 g/mol. The molecule has 9 heteroatoms. The minimum atomic E-state index is -0.637. The molecule has 1 rings (SSSR count). The van der Waals surface area contributed by atoms with Crippen LogP contribution >= 0.6 is 0 Å². The molecule has 0 radical (unpaired) electrons. The zero-order valence-electron chi connectivity index (χ0n) is 10.6. The zero-order valence-corrected chi connectivity index (χ0v) is 10.6. The summed E-state index contributed by atoms with van der Waals surface area (Å²) in [6.45, 7) is 0.0976. The Labute approximate surface area is 108 Å². The lowest BCUT2D eigenvalue weighted by atomic mass is 10.4. The Bertz CT molecular complexity index is 484. The highest BCUT2D eigenvalue weighted by atomic mass is 16.6. The average Bonchev–Trinajstić information content (AvgIpc) is 2.83. The number of methoxy groups -OCH3 is 1. The lowest BCUT2D eigenvalue weighted by molar-refractivity contribution is -0.389. The third kappa shape index (κ3) is 4.37. The number of ether oxygens (including phenoxy) is 1. The van der Waals surface area contributed by atoms with Crippen molar-refractivity contribution in [3.8, 4) is 0 Å². The maximum Gasteiger partial charge on any atom is 0.389 e. The van der Waals surface area contributed by atoms with Crippen LogP contribution in [0.1, 0.15) is 6.42 Å². The number of aromatic nitrogens is 2. The molecule has 0 bridgehead atoms. The van der Waals surface area contributed by atoms with E-state index in [-0.39, 0.29) is 31.2 Å². The molecule has 0 aliphatic heterocycles. The van der Waals surface area contributed by atoms with Gasteiger partial charge in [0.25, 0.3) is 0 Å². The summed E-state index contributed by atoms with van der Waals surface area (Å²) in [7, 11) is 2.80. The van der Waals surface area contributed by atoms with Crippen molar-refractivity contribution in [2.75, 3.05) is 20.7 Å². The standard InChI is InChI=1S/C10H14N4O5/c1-12(5-4-10(16)19-2)9(15)7-13-6-3-8(11-13)14(17)18/h3,6H,4-5,7H2,1-2H3. The lowest BCUT2D eigenvalue weighted by Gasteiger charge is -2.15. The maximum absolute atomic E-state index is 11.7. The van der Waals surface area contributed by atoms with Crippen molar-refractivity contribution >= 4 is 17.7 Å². The van der Waals surface area contributed by atoms with Gasteiger partial charge in [0.15, 0.2) is 0 Å². The Morgan fingerprint density at radius 1 is 1.58 bits per heavy atom. The van der Waals surface area contributed by atoms with Crippen LogP contribution in [0.15, 0.2) is 12.3 Å². The normalized spacial score (nSPS) is 10.0. The fourth-order valence-corrected chi connectivity index (χ4v) is 1.28. The van der Waals surface area contributed by atoms with E-state index < -0.39 is 10.9 Å². The zero-order chi connectivity index (χ0) is 14.4. The predicted octanol–water partition coefficient (Wildman–Crippen LogP) is -0.187. The second-order valence-electron chi connectivity index (χ2n) is 3.77. The molecule has 0 saturated heterocycles. The van der Waals surface area contributed by atoms with Crippen LogP contribution in [0.4, 0.5) is 5.82 Å². The van der Waals surface area contributed by atoms with Gasteiger partial charge in [-0.2, -0.15) is 4.68 Å². The van der Waals surface area contributed by atoms with E-state index in [9.17, 15) is 19.7 Å². The van der Waals surface area contributed by atoms with E-state index in [1.54, 1.807) is 0 Å². The van der Waals surface area contributed by atoms with Crippen LogP contribution < -0.4 is 0 Å². The van der Waals surface area contributed by atoms with Gasteiger partial charge in [-0.25, -0.2) is 0 Å². The Kier molecular flexibility index (Phi) is 4.98. The summed E-state index contributed by atoms with van der Waals surface area (Å²) in [5, 5.41) is 14.0. The number of carbonyl (C=O) groups is 2. The van der Waals surface area contributed by atoms with Crippen LogP contribution in [-0.2, 0) is 20.9 Å². The minimum Gasteiger partial charge on any atom is -0.469 e. The summed E-state index contributed by atoms with van der Waals surface area (Å²) >= 11 is 0. The van der Waals surface area contributed by atoms with Crippen molar-refractivity contribution in [1.82, 2.24) is 14.7 Å². The molecule has 0 N–H and O–H groups in total. The van der Waals surface area contributed by atoms with Gasteiger partial charge in [-0.1, -0.05) is 0 Å². The summed E-state index contributed by atoms with van der Waals surface area (Å²) in [5.41, 5.74) is 0. The number of amides is 1. The number of likely N-dealkylation sites (N-methyl/N-ethyl adjacent to an activating group) is 1. The first kappa shape index (κ1) is 14.6. The highest BCUT2D eigenvalue weighted by Crippen LogP contribution is 2.05. The van der Waals surface area contributed by atoms with Gasteiger partial charge in [0.05, 0.1) is 30.9 Å². The Morgan fingerprint density at radius 2 is 2.26 bits per heavy atom. The van der Waals surface area contributed by atoms with Crippen LogP contribution in [-0.4, -0.2) is 52.2 Å². The maximum atomic E-state index is 11.7. The summed E-state index contributed by atoms with van der Waals surface area (Å²) < 4.78 is 5.63. The molecule has 9 nitrogen and oxygen atoms in total. The van der Waals surface area contributed by atoms with Crippen LogP contribution in [0.5, 0.6) is 0 Å². The molecule has 0 atom stereocenters. The van der Waals surface area contributed by atoms with Gasteiger partial charge >= 0.3 is 11.8 Å². The second kappa shape index (κ2) is 6.47. The third-order valence-corrected chi connectivity index (χ3v) is 2.42. The number of carbonyl (C=O) groups excluding carboxylic acids is 2. The van der Waals surface area contributed by atoms with E-state index >= 15 is 0 Å². The predicted molar refractivity (Wildman–Crippen MR) is 63.2 cm³/mol. The smallest absolute Gasteiger partial charge is 0.389 e. The number of nitrogens with zero attached hydrogens (tertiary/aromatic N) is 4. The van der Waals surface area contributed by atoms with E-state index in [2.05, 4.69) is 9.84 Å². The SMILES string of the molecule is COC(=O)CCN(C)C(=O)Cn1ccc([N+](=O)[O-])n1. The molecule has 0 saturated carbocycles. The Balaban J connectivity index is 2.49. The Morgan fingerprint density at radius 3 is 2.79 bits per heavy atom. The van der Waals surface area contributed by atoms with Gasteiger partial charge < -0.3 is 19.8 Å². The minimum absolute atomic E-state index is 0.0952. The van der Waals surface area contributed by atoms with Crippen molar-refractivity contribution in [2.45, 2.75) is 13.0 Å². The molecule has 0 aliphatic carbocycles. The van der Waals surface area contributed by atoms with Gasteiger partial charge in [-0.05, 0) is 4.92 Å². The van der Waals surface area contributed by atoms with Gasteiger partial charge in [-0.3, -0.25) is 9.59 Å². The fraction of sp³-hybridized carbons (Fsp3) is 0.500. The first-order valence-electron chi connectivity index (χ1n) is 5.42. The molecule has 1 amide bonds. The summed E-state index contributed by atoms with van der Waals surface area (Å²) in [6, 6.07) is 1.21. The Hall–Kier alpha value is -2.45. The van der Waals surface area contributed by atoms with E-state index in [1.165, 1.54) is 36.0 Å². The van der Waals surface area contributed by atoms with Crippen molar-refractivity contribution in [3.05, 3.63) is 22.4 Å². The van der Waals surface area contributed by atoms with Crippen LogP contribution in [0.3, 0.4) is 0 Å². The molecule has 1 heterocycles. The molecule has 0 aromatic carbocycles. The third-order valence-electron chi connectivity index (χ3n) is 2.42. The number of nitro groups is 1. The molecule has 0 aliphatic rings. The number of rotatable bonds is 6. The van der Waals surface area contributed by atoms with Crippen LogP contribution in [0, 0.1) is 10.1 Å². The molecule has 104 valence electrons. The summed E-state index contributed by atoms with van der Waals surface area (Å²) in [6.07, 6.45) is 1.45. The molecule has 0 fully saturated rings. The van der Waals surface area contributed by atoms with Crippen molar-refractivity contribution in [2.24, 2.45) is 0 Å². The molecule has 0 unspecified atom stereocenters. The fourth-order valence-electron chi connectivity index (χ4n) is 1.28. The van der Waals surface area contributed by atoms with E-state index in [4.69, 9.17) is 0 Å². The quantitative estimate of drug-likeness (QED) is 0.403. The number of hydrogen-bond donors (Lipinski definition) is 0. The van der Waals surface area contributed by atoms with E-state index in [1.807, 2.05) is 0 Å². The molecular formula is C10H14N4O5. The largest absolute Gasteiger partial charge is 0.469 e. The van der Waals surface area contributed by atoms with Gasteiger partial charge in [0.1, 0.15) is 6.54 Å². The van der Waals surface area contributed by atoms with Crippen molar-refractivity contribution in [3.63, 3.8) is 0 Å². The van der Waals surface area contributed by atoms with Gasteiger partial charge in [0, 0.05) is 13.6 Å². The first-order valence-corrected chi connectivity index (χ1v) is 5.42. The summed E-state index contributed by atoms with van der Waals surface area (Å²) in [4.78, 5) is 33.8. The van der Waals surface area contributed by atoms with Gasteiger partial charge in [-0.15, -0.1) is 0 Å². The van der Waals surface area contributed by atoms with Crippen molar-refractivity contribution in [1.29, 1.82) is 0 Å². The highest BCUT2D eigenvalue weighted by Gasteiger charge is 2.16. The topological polar surface area (TPSA) is 108 Å². The molecule has 1 aromatic rings. The molecular weight excluding hydrogens is 256 g/mol. The number of hydrogen-bond acceptors (Lipinski definition) is 6. The highest BCUT2D eigenvalue weighted by molar-refractivity contribution is 5.76. The van der Waals surface area contributed by atoms with Gasteiger partial charge in [0.2, 0.25) is 5.91 Å². The van der Waals surface area contributed by atoms with E-state index in [0.29, 0.717) is 0 Å². The molecule has 19 heavy (non-hydrogen) atoms. The molecule has 1 aromatic heterocycles. The van der Waals surface area contributed by atoms with Crippen molar-refractivity contribution < 1.29 is 19.2 Å².